The molecular weight excluding hydrogens is 310 g/mol. The first-order valence-corrected chi connectivity index (χ1v) is 8.12. The summed E-state index contributed by atoms with van der Waals surface area (Å²) in [7, 11) is 0. The van der Waals surface area contributed by atoms with Crippen LogP contribution in [0, 0.1) is 0 Å². The van der Waals surface area contributed by atoms with Gasteiger partial charge in [0, 0.05) is 11.8 Å². The van der Waals surface area contributed by atoms with Crippen LogP contribution < -0.4 is 11.1 Å². The summed E-state index contributed by atoms with van der Waals surface area (Å²) >= 11 is 2.66. The first-order valence-electron chi connectivity index (χ1n) is 6.36. The number of esters is 1. The Hall–Kier alpha value is -1.77. The number of anilines is 1. The molecule has 1 amide bonds. The maximum absolute atomic E-state index is 12.1. The molecule has 6 nitrogen and oxygen atoms in total. The van der Waals surface area contributed by atoms with Gasteiger partial charge in [-0.05, 0) is 24.9 Å². The molecule has 0 aliphatic rings. The molecule has 0 atom stereocenters. The molecule has 0 bridgehead atoms. The fourth-order valence-electron chi connectivity index (χ4n) is 1.60. The molecule has 21 heavy (non-hydrogen) atoms. The standard InChI is InChI=1S/C13H15N3O3S2/c1-2-19-13(18)8-4-6-20-12(8)16-11(17)9-7-21-10(15-9)3-5-14/h4,6-7H,2-3,5,14H2,1H3,(H,16,17). The Morgan fingerprint density at radius 2 is 2.24 bits per heavy atom. The van der Waals surface area contributed by atoms with Crippen molar-refractivity contribution in [2.24, 2.45) is 5.73 Å². The second-order valence-corrected chi connectivity index (χ2v) is 5.86. The maximum atomic E-state index is 12.1. The number of thiazole rings is 1. The van der Waals surface area contributed by atoms with Crippen molar-refractivity contribution in [1.29, 1.82) is 0 Å². The number of hydrogen-bond acceptors (Lipinski definition) is 7. The third-order valence-electron chi connectivity index (χ3n) is 2.53. The van der Waals surface area contributed by atoms with Gasteiger partial charge in [0.05, 0.1) is 17.2 Å². The smallest absolute Gasteiger partial charge is 0.341 e. The number of thiophene rings is 1. The van der Waals surface area contributed by atoms with Gasteiger partial charge >= 0.3 is 5.97 Å². The van der Waals surface area contributed by atoms with E-state index in [0.717, 1.165) is 5.01 Å². The van der Waals surface area contributed by atoms with Gasteiger partial charge in [0.25, 0.3) is 5.91 Å². The van der Waals surface area contributed by atoms with Crippen LogP contribution in [0.4, 0.5) is 5.00 Å². The fraction of sp³-hybridized carbons (Fsp3) is 0.308. The van der Waals surface area contributed by atoms with Gasteiger partial charge in [0.2, 0.25) is 0 Å². The van der Waals surface area contributed by atoms with Crippen molar-refractivity contribution < 1.29 is 14.3 Å². The highest BCUT2D eigenvalue weighted by atomic mass is 32.1. The van der Waals surface area contributed by atoms with Crippen molar-refractivity contribution in [2.75, 3.05) is 18.5 Å². The van der Waals surface area contributed by atoms with Crippen molar-refractivity contribution in [1.82, 2.24) is 4.98 Å². The highest BCUT2D eigenvalue weighted by molar-refractivity contribution is 7.14. The van der Waals surface area contributed by atoms with E-state index in [1.807, 2.05) is 0 Å². The van der Waals surface area contributed by atoms with Gasteiger partial charge in [-0.1, -0.05) is 0 Å². The number of amides is 1. The summed E-state index contributed by atoms with van der Waals surface area (Å²) in [6.45, 7) is 2.51. The molecule has 112 valence electrons. The highest BCUT2D eigenvalue weighted by Gasteiger charge is 2.18. The molecular formula is C13H15N3O3S2. The number of carbonyl (C=O) groups is 2. The van der Waals surface area contributed by atoms with Crippen molar-refractivity contribution in [2.45, 2.75) is 13.3 Å². The SMILES string of the molecule is CCOC(=O)c1ccsc1NC(=O)c1csc(CCN)n1. The number of nitrogens with zero attached hydrogens (tertiary/aromatic N) is 1. The summed E-state index contributed by atoms with van der Waals surface area (Å²) in [5, 5.41) is 7.38. The summed E-state index contributed by atoms with van der Waals surface area (Å²) < 4.78 is 4.94. The van der Waals surface area contributed by atoms with Gasteiger partial charge in [-0.3, -0.25) is 4.79 Å². The third-order valence-corrected chi connectivity index (χ3v) is 4.27. The molecule has 2 aromatic rings. The number of aromatic nitrogens is 1. The first kappa shape index (κ1) is 15.6. The van der Waals surface area contributed by atoms with Crippen molar-refractivity contribution >= 4 is 39.6 Å². The Morgan fingerprint density at radius 1 is 1.43 bits per heavy atom. The van der Waals surface area contributed by atoms with Crippen molar-refractivity contribution in [3.8, 4) is 0 Å². The van der Waals surface area contributed by atoms with Crippen LogP contribution in [0.1, 0.15) is 32.8 Å². The lowest BCUT2D eigenvalue weighted by Crippen LogP contribution is -2.15. The third kappa shape index (κ3) is 3.87. The molecule has 0 aliphatic carbocycles. The molecule has 0 fully saturated rings. The lowest BCUT2D eigenvalue weighted by Gasteiger charge is -2.04. The quantitative estimate of drug-likeness (QED) is 0.794. The zero-order valence-corrected chi connectivity index (χ0v) is 13.1. The van der Waals surface area contributed by atoms with E-state index in [-0.39, 0.29) is 12.5 Å². The minimum atomic E-state index is -0.448. The number of carbonyl (C=O) groups excluding carboxylic acids is 2. The monoisotopic (exact) mass is 325 g/mol. The average molecular weight is 325 g/mol. The van der Waals surface area contributed by atoms with E-state index < -0.39 is 5.97 Å². The lowest BCUT2D eigenvalue weighted by molar-refractivity contribution is 0.0528. The van der Waals surface area contributed by atoms with Crippen molar-refractivity contribution in [3.63, 3.8) is 0 Å². The molecule has 2 aromatic heterocycles. The van der Waals surface area contributed by atoms with E-state index in [1.54, 1.807) is 23.8 Å². The predicted octanol–water partition coefficient (Wildman–Crippen LogP) is 2.13. The summed E-state index contributed by atoms with van der Waals surface area (Å²) in [4.78, 5) is 28.1. The van der Waals surface area contributed by atoms with Crippen LogP contribution in [-0.4, -0.2) is 30.0 Å². The van der Waals surface area contributed by atoms with Crippen LogP contribution in [0.2, 0.25) is 0 Å². The number of ether oxygens (including phenoxy) is 1. The van der Waals surface area contributed by atoms with Crippen LogP contribution in [0.3, 0.4) is 0 Å². The van der Waals surface area contributed by atoms with Gasteiger partial charge in [0.15, 0.2) is 0 Å². The summed E-state index contributed by atoms with van der Waals surface area (Å²) in [5.74, 6) is -0.793. The molecule has 0 saturated heterocycles. The fourth-order valence-corrected chi connectivity index (χ4v) is 3.16. The zero-order valence-electron chi connectivity index (χ0n) is 11.4. The van der Waals surface area contributed by atoms with E-state index in [2.05, 4.69) is 10.3 Å². The van der Waals surface area contributed by atoms with Crippen LogP contribution in [0.5, 0.6) is 0 Å². The van der Waals surface area contributed by atoms with Crippen molar-refractivity contribution in [3.05, 3.63) is 33.1 Å². The Kier molecular flexibility index (Phi) is 5.43. The molecule has 2 rings (SSSR count). The average Bonchev–Trinajstić information content (AvgIpc) is 3.08. The second-order valence-electron chi connectivity index (χ2n) is 4.00. The van der Waals surface area contributed by atoms with E-state index in [0.29, 0.717) is 29.2 Å². The summed E-state index contributed by atoms with van der Waals surface area (Å²) in [6, 6.07) is 1.62. The van der Waals surface area contributed by atoms with Crippen LogP contribution >= 0.6 is 22.7 Å². The predicted molar refractivity (Wildman–Crippen MR) is 83.1 cm³/mol. The Balaban J connectivity index is 2.09. The van der Waals surface area contributed by atoms with Crippen LogP contribution in [0.25, 0.3) is 0 Å². The van der Waals surface area contributed by atoms with Crippen LogP contribution in [0.15, 0.2) is 16.8 Å². The van der Waals surface area contributed by atoms with Crippen LogP contribution in [-0.2, 0) is 11.2 Å². The number of nitrogens with two attached hydrogens (primary N) is 1. The highest BCUT2D eigenvalue weighted by Crippen LogP contribution is 2.25. The molecule has 0 spiro atoms. The van der Waals surface area contributed by atoms with E-state index in [4.69, 9.17) is 10.5 Å². The van der Waals surface area contributed by atoms with E-state index in [9.17, 15) is 9.59 Å². The van der Waals surface area contributed by atoms with Gasteiger partial charge in [-0.25, -0.2) is 9.78 Å². The molecule has 0 aliphatic heterocycles. The maximum Gasteiger partial charge on any atom is 0.341 e. The molecule has 3 N–H and O–H groups in total. The van der Waals surface area contributed by atoms with Gasteiger partial charge in [0.1, 0.15) is 10.7 Å². The van der Waals surface area contributed by atoms with E-state index >= 15 is 0 Å². The van der Waals surface area contributed by atoms with Gasteiger partial charge in [-0.2, -0.15) is 0 Å². The Labute approximate surface area is 130 Å². The number of nitrogens with one attached hydrogen (secondary N) is 1. The zero-order chi connectivity index (χ0) is 15.2. The van der Waals surface area contributed by atoms with E-state index in [1.165, 1.54) is 22.7 Å². The minimum Gasteiger partial charge on any atom is -0.462 e. The second kappa shape index (κ2) is 7.30. The first-order chi connectivity index (χ1) is 10.2. The summed E-state index contributed by atoms with van der Waals surface area (Å²) in [5.41, 5.74) is 6.13. The lowest BCUT2D eigenvalue weighted by atomic mass is 10.3. The number of rotatable bonds is 6. The molecule has 0 unspecified atom stereocenters. The normalized spacial score (nSPS) is 10.4. The largest absolute Gasteiger partial charge is 0.462 e. The summed E-state index contributed by atoms with van der Waals surface area (Å²) in [6.07, 6.45) is 0.644. The molecule has 0 radical (unpaired) electrons. The number of hydrogen-bond donors (Lipinski definition) is 2. The van der Waals surface area contributed by atoms with Gasteiger partial charge in [-0.15, -0.1) is 22.7 Å². The Morgan fingerprint density at radius 3 is 2.95 bits per heavy atom. The topological polar surface area (TPSA) is 94.3 Å². The molecule has 0 saturated carbocycles. The minimum absolute atomic E-state index is 0.288. The van der Waals surface area contributed by atoms with Gasteiger partial charge < -0.3 is 15.8 Å². The molecule has 8 heteroatoms. The molecule has 0 aromatic carbocycles. The molecule has 2 heterocycles. The Bertz CT molecular complexity index is 636.